The minimum absolute atomic E-state index is 0.0966. The van der Waals surface area contributed by atoms with E-state index in [4.69, 9.17) is 4.74 Å². The van der Waals surface area contributed by atoms with E-state index >= 15 is 0 Å². The fourth-order valence-electron chi connectivity index (χ4n) is 4.75. The molecule has 1 aromatic heterocycles. The summed E-state index contributed by atoms with van der Waals surface area (Å²) >= 11 is 0. The lowest BCUT2D eigenvalue weighted by Gasteiger charge is -2.22. The Morgan fingerprint density at radius 1 is 1.03 bits per heavy atom. The van der Waals surface area contributed by atoms with Crippen LogP contribution in [0.3, 0.4) is 0 Å². The zero-order valence-electron chi connectivity index (χ0n) is 19.2. The van der Waals surface area contributed by atoms with Gasteiger partial charge in [-0.15, -0.1) is 0 Å². The van der Waals surface area contributed by atoms with Crippen molar-refractivity contribution in [3.05, 3.63) is 77.6 Å². The number of nitrogens with one attached hydrogen (secondary N) is 2. The largest absolute Gasteiger partial charge is 0.480 e. The highest BCUT2D eigenvalue weighted by Crippen LogP contribution is 2.44. The molecule has 0 spiro atoms. The Morgan fingerprint density at radius 2 is 1.66 bits per heavy atom. The van der Waals surface area contributed by atoms with Crippen molar-refractivity contribution in [2.45, 2.75) is 30.8 Å². The summed E-state index contributed by atoms with van der Waals surface area (Å²) in [6.45, 7) is 0.0966. The Morgan fingerprint density at radius 3 is 2.20 bits per heavy atom. The van der Waals surface area contributed by atoms with Crippen LogP contribution in [-0.2, 0) is 21.4 Å². The predicted octanol–water partition coefficient (Wildman–Crippen LogP) is 2.98. The van der Waals surface area contributed by atoms with E-state index < -0.39 is 30.1 Å². The first-order valence-electron chi connectivity index (χ1n) is 11.6. The Bertz CT molecular complexity index is 1240. The highest BCUT2D eigenvalue weighted by Gasteiger charge is 2.39. The molecule has 0 bridgehead atoms. The van der Waals surface area contributed by atoms with Crippen LogP contribution in [0, 0.1) is 5.92 Å². The number of carbonyl (C=O) groups is 3. The maximum Gasteiger partial charge on any atom is 0.408 e. The number of carboxylic acid groups (broad SMARTS) is 1. The highest BCUT2D eigenvalue weighted by atomic mass is 16.5. The van der Waals surface area contributed by atoms with Crippen molar-refractivity contribution in [3.8, 4) is 11.1 Å². The summed E-state index contributed by atoms with van der Waals surface area (Å²) < 4.78 is 7.05. The Kier molecular flexibility index (Phi) is 5.98. The zero-order chi connectivity index (χ0) is 24.5. The molecule has 0 aliphatic heterocycles. The second-order valence-corrected chi connectivity index (χ2v) is 8.94. The molecule has 1 saturated carbocycles. The van der Waals surface area contributed by atoms with Crippen LogP contribution in [0.2, 0.25) is 0 Å². The zero-order valence-corrected chi connectivity index (χ0v) is 19.2. The van der Waals surface area contributed by atoms with E-state index in [1.807, 2.05) is 36.4 Å². The van der Waals surface area contributed by atoms with Gasteiger partial charge in [-0.05, 0) is 47.1 Å². The molecule has 5 rings (SSSR count). The quantitative estimate of drug-likeness (QED) is 0.461. The van der Waals surface area contributed by atoms with Crippen molar-refractivity contribution in [2.24, 2.45) is 13.0 Å². The molecular formula is C26H26N4O5. The molecule has 2 aromatic carbocycles. The number of benzene rings is 2. The average Bonchev–Trinajstić information content (AvgIpc) is 3.53. The fraction of sp³-hybridized carbons (Fsp3) is 0.308. The van der Waals surface area contributed by atoms with Crippen molar-refractivity contribution in [1.29, 1.82) is 0 Å². The highest BCUT2D eigenvalue weighted by molar-refractivity contribution is 5.90. The van der Waals surface area contributed by atoms with Gasteiger partial charge in [-0.3, -0.25) is 9.48 Å². The number of hydrogen-bond acceptors (Lipinski definition) is 5. The van der Waals surface area contributed by atoms with E-state index in [2.05, 4.69) is 27.9 Å². The van der Waals surface area contributed by atoms with E-state index in [1.165, 1.54) is 10.9 Å². The van der Waals surface area contributed by atoms with E-state index in [1.54, 1.807) is 13.1 Å². The molecule has 2 aliphatic rings. The molecule has 0 radical (unpaired) electrons. The topological polar surface area (TPSA) is 123 Å². The number of aliphatic carboxylic acids is 1. The molecule has 2 atom stereocenters. The van der Waals surface area contributed by atoms with Gasteiger partial charge in [0, 0.05) is 19.2 Å². The van der Waals surface area contributed by atoms with Crippen LogP contribution in [0.1, 0.15) is 41.6 Å². The average molecular weight is 475 g/mol. The maximum absolute atomic E-state index is 13.1. The van der Waals surface area contributed by atoms with Crippen molar-refractivity contribution in [1.82, 2.24) is 20.4 Å². The van der Waals surface area contributed by atoms with Crippen molar-refractivity contribution >= 4 is 18.0 Å². The summed E-state index contributed by atoms with van der Waals surface area (Å²) in [6.07, 6.45) is 2.22. The SMILES string of the molecule is Cn1nccc1C(NC(=O)OCC1c2ccccc2-c2ccccc21)C(=O)NC(C(=O)O)C1CC1. The molecular weight excluding hydrogens is 448 g/mol. The third kappa shape index (κ3) is 4.49. The standard InChI is InChI=1S/C26H26N4O5/c1-30-21(12-13-27-30)23(24(31)28-22(25(32)33)15-10-11-15)29-26(34)35-14-20-18-8-4-2-6-16(18)17-7-3-5-9-19(17)20/h2-9,12-13,15,20,22-23H,10-11,14H2,1H3,(H,28,31)(H,29,34)(H,32,33). The monoisotopic (exact) mass is 474 g/mol. The van der Waals surface area contributed by atoms with Crippen LogP contribution in [0.4, 0.5) is 4.79 Å². The van der Waals surface area contributed by atoms with Crippen molar-refractivity contribution in [2.75, 3.05) is 6.61 Å². The molecule has 35 heavy (non-hydrogen) atoms. The van der Waals surface area contributed by atoms with Gasteiger partial charge in [0.25, 0.3) is 0 Å². The molecule has 2 unspecified atom stereocenters. The van der Waals surface area contributed by atoms with Gasteiger partial charge in [0.2, 0.25) is 5.91 Å². The molecule has 180 valence electrons. The molecule has 3 aromatic rings. The first-order valence-corrected chi connectivity index (χ1v) is 11.6. The van der Waals surface area contributed by atoms with Gasteiger partial charge in [-0.1, -0.05) is 48.5 Å². The summed E-state index contributed by atoms with van der Waals surface area (Å²) in [5.74, 6) is -1.94. The fourth-order valence-corrected chi connectivity index (χ4v) is 4.75. The molecule has 9 nitrogen and oxygen atoms in total. The first kappa shape index (κ1) is 22.6. The number of rotatable bonds is 8. The molecule has 2 aliphatic carbocycles. The van der Waals surface area contributed by atoms with E-state index in [9.17, 15) is 19.5 Å². The summed E-state index contributed by atoms with van der Waals surface area (Å²) in [6, 6.07) is 15.5. The Balaban J connectivity index is 1.31. The van der Waals surface area contributed by atoms with Crippen LogP contribution in [0.15, 0.2) is 60.8 Å². The van der Waals surface area contributed by atoms with Gasteiger partial charge < -0.3 is 20.5 Å². The normalized spacial score (nSPS) is 16.0. The van der Waals surface area contributed by atoms with Crippen molar-refractivity contribution < 1.29 is 24.2 Å². The second kappa shape index (κ2) is 9.25. The third-order valence-electron chi connectivity index (χ3n) is 6.68. The number of amides is 2. The van der Waals surface area contributed by atoms with E-state index in [-0.39, 0.29) is 18.4 Å². The number of nitrogens with zero attached hydrogens (tertiary/aromatic N) is 2. The Labute approximate surface area is 202 Å². The van der Waals surface area contributed by atoms with Gasteiger partial charge in [-0.25, -0.2) is 9.59 Å². The summed E-state index contributed by atoms with van der Waals surface area (Å²) in [7, 11) is 1.64. The maximum atomic E-state index is 13.1. The van der Waals surface area contributed by atoms with Gasteiger partial charge in [-0.2, -0.15) is 5.10 Å². The lowest BCUT2D eigenvalue weighted by Crippen LogP contribution is -2.48. The van der Waals surface area contributed by atoms with Gasteiger partial charge in [0.1, 0.15) is 12.6 Å². The molecule has 1 heterocycles. The van der Waals surface area contributed by atoms with Crippen molar-refractivity contribution in [3.63, 3.8) is 0 Å². The summed E-state index contributed by atoms with van der Waals surface area (Å²) in [5, 5.41) is 18.8. The molecule has 9 heteroatoms. The number of alkyl carbamates (subject to hydrolysis) is 1. The minimum Gasteiger partial charge on any atom is -0.480 e. The Hall–Kier alpha value is -4.14. The van der Waals surface area contributed by atoms with E-state index in [0.717, 1.165) is 35.1 Å². The van der Waals surface area contributed by atoms with Gasteiger partial charge in [0.15, 0.2) is 6.04 Å². The summed E-state index contributed by atoms with van der Waals surface area (Å²) in [4.78, 5) is 37.6. The van der Waals surface area contributed by atoms with Crippen LogP contribution < -0.4 is 10.6 Å². The molecule has 3 N–H and O–H groups in total. The predicted molar refractivity (Wildman–Crippen MR) is 126 cm³/mol. The summed E-state index contributed by atoms with van der Waals surface area (Å²) in [5.41, 5.74) is 4.80. The lowest BCUT2D eigenvalue weighted by atomic mass is 9.98. The smallest absolute Gasteiger partial charge is 0.408 e. The van der Waals surface area contributed by atoms with Crippen LogP contribution in [0.5, 0.6) is 0 Å². The van der Waals surface area contributed by atoms with Crippen LogP contribution >= 0.6 is 0 Å². The minimum atomic E-state index is -1.15. The van der Waals surface area contributed by atoms with Gasteiger partial charge >= 0.3 is 12.1 Å². The molecule has 0 saturated heterocycles. The molecule has 2 amide bonds. The lowest BCUT2D eigenvalue weighted by molar-refractivity contribution is -0.142. The number of carboxylic acids is 1. The van der Waals surface area contributed by atoms with Crippen LogP contribution in [-0.4, -0.2) is 45.5 Å². The number of fused-ring (bicyclic) bond motifs is 3. The number of hydrogen-bond donors (Lipinski definition) is 3. The first-order chi connectivity index (χ1) is 16.9. The molecule has 1 fully saturated rings. The third-order valence-corrected chi connectivity index (χ3v) is 6.68. The number of aromatic nitrogens is 2. The number of carbonyl (C=O) groups excluding carboxylic acids is 2. The van der Waals surface area contributed by atoms with Gasteiger partial charge in [0.05, 0.1) is 5.69 Å². The van der Waals surface area contributed by atoms with Crippen LogP contribution in [0.25, 0.3) is 11.1 Å². The number of aryl methyl sites for hydroxylation is 1. The second-order valence-electron chi connectivity index (χ2n) is 8.94. The number of ether oxygens (including phenoxy) is 1. The van der Waals surface area contributed by atoms with E-state index in [0.29, 0.717) is 5.69 Å².